The molecule has 4 aromatic rings. The monoisotopic (exact) mass is 626 g/mol. The molecule has 1 aliphatic carbocycles. The van der Waals surface area contributed by atoms with Crippen LogP contribution in [0.4, 0.5) is 16.2 Å². The first kappa shape index (κ1) is 27.6. The van der Waals surface area contributed by atoms with Crippen LogP contribution in [0.1, 0.15) is 25.3 Å². The van der Waals surface area contributed by atoms with Gasteiger partial charge >= 0.3 is 6.72 Å². The van der Waals surface area contributed by atoms with Crippen molar-refractivity contribution in [3.8, 4) is 0 Å². The number of nitrogens with zero attached hydrogens (tertiary/aromatic N) is 7. The van der Waals surface area contributed by atoms with E-state index in [1.54, 1.807) is 4.57 Å². The van der Waals surface area contributed by atoms with Crippen LogP contribution in [0.25, 0.3) is 22.3 Å². The third-order valence-corrected chi connectivity index (χ3v) is 9.16. The van der Waals surface area contributed by atoms with E-state index in [2.05, 4.69) is 29.9 Å². The Kier molecular flexibility index (Phi) is 6.35. The van der Waals surface area contributed by atoms with Gasteiger partial charge in [0.1, 0.15) is 42.0 Å². The van der Waals surface area contributed by atoms with Gasteiger partial charge in [-0.15, -0.1) is 0 Å². The number of aromatic nitrogens is 8. The first-order chi connectivity index (χ1) is 20.0. The molecular formula is C21H24FN10O8PS. The van der Waals surface area contributed by atoms with Gasteiger partial charge in [0.05, 0.1) is 25.4 Å². The first-order valence-electron chi connectivity index (χ1n) is 12.6. The molecule has 2 saturated heterocycles. The molecule has 21 heteroatoms. The highest BCUT2D eigenvalue weighted by molar-refractivity contribution is 8.07. The Balaban J connectivity index is 1.10. The zero-order valence-electron chi connectivity index (χ0n) is 21.3. The van der Waals surface area contributed by atoms with Gasteiger partial charge in [-0.2, -0.15) is 4.98 Å². The average Bonchev–Trinajstić information content (AvgIpc) is 3.34. The van der Waals surface area contributed by atoms with Gasteiger partial charge in [0.15, 0.2) is 35.0 Å². The lowest BCUT2D eigenvalue weighted by Crippen LogP contribution is -2.32. The summed E-state index contributed by atoms with van der Waals surface area (Å²) >= 11 is 5.23. The van der Waals surface area contributed by atoms with Crippen molar-refractivity contribution in [3.63, 3.8) is 0 Å². The summed E-state index contributed by atoms with van der Waals surface area (Å²) in [5, 5.41) is 20.5. The number of aromatic amines is 1. The number of rotatable bonds is 7. The van der Waals surface area contributed by atoms with Crippen molar-refractivity contribution in [1.29, 1.82) is 0 Å². The maximum Gasteiger partial charge on any atom is 0.325 e. The fourth-order valence-corrected chi connectivity index (χ4v) is 7.26. The number of nitrogens with one attached hydrogen (secondary N) is 1. The van der Waals surface area contributed by atoms with E-state index in [4.69, 9.17) is 41.8 Å². The van der Waals surface area contributed by atoms with Gasteiger partial charge in [-0.1, -0.05) is 0 Å². The van der Waals surface area contributed by atoms with E-state index in [0.717, 1.165) is 0 Å². The second-order valence-electron chi connectivity index (χ2n) is 10.2. The molecule has 18 nitrogen and oxygen atoms in total. The molecule has 0 amide bonds. The molecule has 6 heterocycles. The fourth-order valence-electron chi connectivity index (χ4n) is 5.50. The van der Waals surface area contributed by atoms with Crippen LogP contribution < -0.4 is 17.0 Å². The normalized spacial score (nSPS) is 34.0. The van der Waals surface area contributed by atoms with Crippen LogP contribution in [0.2, 0.25) is 0 Å². The van der Waals surface area contributed by atoms with E-state index in [1.165, 1.54) is 23.5 Å². The van der Waals surface area contributed by atoms with Crippen LogP contribution in [0, 0.1) is 0 Å². The summed E-state index contributed by atoms with van der Waals surface area (Å²) in [5.74, 6) is -0.0285. The van der Waals surface area contributed by atoms with E-state index in [0.29, 0.717) is 11.2 Å². The third kappa shape index (κ3) is 4.29. The van der Waals surface area contributed by atoms with Crippen molar-refractivity contribution in [2.24, 2.45) is 0 Å². The number of nitrogen functional groups attached to an aromatic ring is 2. The Hall–Kier alpha value is -3.20. The Labute approximate surface area is 238 Å². The summed E-state index contributed by atoms with van der Waals surface area (Å²) in [5.41, 5.74) is 10.3. The second kappa shape index (κ2) is 9.66. The van der Waals surface area contributed by atoms with Crippen LogP contribution in [0.15, 0.2) is 23.8 Å². The standard InChI is InChI=1S/C21H24FN10O8PS/c22-11-7(3-33)37-19(32-6-28-13-17(32)29-20(24)30-18(13)35)14(11)40-41(36,42)39-9-2-21(9)8(34)1-10(38-21)31-5-27-12-15(23)25-4-26-16(12)31/h4-11,14,19,33-34H,1-3H2,(H,36,42)(H2,23,25,26)(H3,24,29,30,35)/t7-,8+,9?,10-,11-,14-,19-,21?,41?/m1/s1. The molecule has 0 aromatic carbocycles. The Bertz CT molecular complexity index is 1810. The van der Waals surface area contributed by atoms with Gasteiger partial charge in [0.2, 0.25) is 5.95 Å². The predicted octanol–water partition coefficient (Wildman–Crippen LogP) is -1.24. The molecule has 3 aliphatic rings. The minimum absolute atomic E-state index is 0.0403. The average molecular weight is 627 g/mol. The lowest BCUT2D eigenvalue weighted by molar-refractivity contribution is -0.0615. The Morgan fingerprint density at radius 1 is 1.19 bits per heavy atom. The smallest absolute Gasteiger partial charge is 0.325 e. The summed E-state index contributed by atoms with van der Waals surface area (Å²) in [4.78, 5) is 45.9. The molecule has 2 aliphatic heterocycles. The number of fused-ring (bicyclic) bond motifs is 2. The van der Waals surface area contributed by atoms with E-state index < -0.39 is 67.5 Å². The minimum Gasteiger partial charge on any atom is -0.394 e. The number of hydrogen-bond donors (Lipinski definition) is 6. The number of H-pyrrole nitrogens is 1. The predicted molar refractivity (Wildman–Crippen MR) is 143 cm³/mol. The highest BCUT2D eigenvalue weighted by atomic mass is 32.5. The molecule has 0 bridgehead atoms. The van der Waals surface area contributed by atoms with Crippen molar-refractivity contribution in [2.45, 2.75) is 61.5 Å². The number of aliphatic hydroxyl groups excluding tert-OH is 2. The van der Waals surface area contributed by atoms with Gasteiger partial charge in [-0.3, -0.25) is 23.4 Å². The van der Waals surface area contributed by atoms with Crippen molar-refractivity contribution in [2.75, 3.05) is 18.1 Å². The molecule has 0 radical (unpaired) electrons. The van der Waals surface area contributed by atoms with Crippen molar-refractivity contribution in [1.82, 2.24) is 39.0 Å². The maximum atomic E-state index is 15.4. The van der Waals surface area contributed by atoms with Gasteiger partial charge < -0.3 is 40.6 Å². The second-order valence-corrected chi connectivity index (χ2v) is 12.9. The van der Waals surface area contributed by atoms with Crippen LogP contribution in [0.3, 0.4) is 0 Å². The van der Waals surface area contributed by atoms with E-state index in [-0.39, 0.29) is 35.8 Å². The van der Waals surface area contributed by atoms with Crippen molar-refractivity contribution in [3.05, 3.63) is 29.3 Å². The number of imidazole rings is 2. The Morgan fingerprint density at radius 3 is 2.74 bits per heavy atom. The van der Waals surface area contributed by atoms with Crippen LogP contribution in [-0.4, -0.2) is 96.9 Å². The number of halogens is 1. The molecule has 4 aromatic heterocycles. The molecule has 42 heavy (non-hydrogen) atoms. The van der Waals surface area contributed by atoms with E-state index >= 15 is 4.39 Å². The maximum absolute atomic E-state index is 15.4. The first-order valence-corrected chi connectivity index (χ1v) is 15.2. The lowest BCUT2D eigenvalue weighted by Gasteiger charge is -2.26. The summed E-state index contributed by atoms with van der Waals surface area (Å²) in [7, 11) is 0. The Morgan fingerprint density at radius 2 is 1.95 bits per heavy atom. The number of hydrogen-bond acceptors (Lipinski definition) is 15. The number of alkyl halides is 1. The van der Waals surface area contributed by atoms with Gasteiger partial charge in [0.25, 0.3) is 5.56 Å². The molecule has 9 atom stereocenters. The van der Waals surface area contributed by atoms with Crippen molar-refractivity contribution >= 4 is 52.6 Å². The van der Waals surface area contributed by atoms with Gasteiger partial charge in [0, 0.05) is 12.8 Å². The molecule has 1 saturated carbocycles. The molecular weight excluding hydrogens is 602 g/mol. The highest BCUT2D eigenvalue weighted by Gasteiger charge is 2.68. The molecule has 1 spiro atoms. The summed E-state index contributed by atoms with van der Waals surface area (Å²) in [6, 6.07) is 0. The zero-order valence-corrected chi connectivity index (χ0v) is 23.0. The lowest BCUT2D eigenvalue weighted by atomic mass is 10.1. The molecule has 7 rings (SSSR count). The van der Waals surface area contributed by atoms with Crippen LogP contribution in [-0.2, 0) is 30.3 Å². The topological polar surface area (TPSA) is 257 Å². The summed E-state index contributed by atoms with van der Waals surface area (Å²) in [6.07, 6.45) is -4.63. The van der Waals surface area contributed by atoms with Crippen molar-refractivity contribution < 1.29 is 38.0 Å². The van der Waals surface area contributed by atoms with Crippen LogP contribution in [0.5, 0.6) is 0 Å². The zero-order chi connectivity index (χ0) is 29.6. The minimum atomic E-state index is -4.22. The van der Waals surface area contributed by atoms with Gasteiger partial charge in [-0.25, -0.2) is 24.3 Å². The summed E-state index contributed by atoms with van der Waals surface area (Å²) in [6.45, 7) is -4.94. The number of ether oxygens (including phenoxy) is 2. The quantitative estimate of drug-likeness (QED) is 0.131. The number of aliphatic hydroxyl groups is 2. The third-order valence-electron chi connectivity index (χ3n) is 7.62. The molecule has 8 N–H and O–H groups in total. The number of anilines is 2. The number of nitrogens with two attached hydrogens (primary N) is 2. The summed E-state index contributed by atoms with van der Waals surface area (Å²) < 4.78 is 41.3. The highest BCUT2D eigenvalue weighted by Crippen LogP contribution is 2.61. The van der Waals surface area contributed by atoms with Gasteiger partial charge in [-0.05, 0) is 11.8 Å². The SMILES string of the molecule is Nc1nc2c(ncn2[C@@H]2O[C@H](CO)[C@@H](F)[C@H]2OP(O)(=S)OC2CC23O[C@@H](n2cnc4c(N)ncnc42)C[C@@H]3O)c(=O)[nH]1. The van der Waals surface area contributed by atoms with E-state index in [1.807, 2.05) is 0 Å². The molecule has 3 fully saturated rings. The fraction of sp³-hybridized carbons (Fsp3) is 0.524. The molecule has 224 valence electrons. The largest absolute Gasteiger partial charge is 0.394 e. The van der Waals surface area contributed by atoms with E-state index in [9.17, 15) is 19.9 Å². The van der Waals surface area contributed by atoms with Crippen LogP contribution >= 0.6 is 6.72 Å². The molecule has 3 unspecified atom stereocenters.